The first kappa shape index (κ1) is 29.7. The van der Waals surface area contributed by atoms with Crippen molar-refractivity contribution in [1.82, 2.24) is 19.1 Å². The predicted octanol–water partition coefficient (Wildman–Crippen LogP) is 12.6. The summed E-state index contributed by atoms with van der Waals surface area (Å²) in [4.78, 5) is 10.3. The number of aryl methyl sites for hydroxylation is 1. The third-order valence-corrected chi connectivity index (χ3v) is 10.7. The molecule has 53 heavy (non-hydrogen) atoms. The van der Waals surface area contributed by atoms with E-state index in [4.69, 9.17) is 9.97 Å². The number of para-hydroxylation sites is 4. The molecule has 0 fully saturated rings. The van der Waals surface area contributed by atoms with E-state index in [-0.39, 0.29) is 0 Å². The molecule has 11 aromatic rings. The normalized spacial score (nSPS) is 11.9. The highest BCUT2D eigenvalue weighted by atomic mass is 15.0. The second-order valence-electron chi connectivity index (χ2n) is 13.9. The number of aromatic nitrogens is 4. The Labute approximate surface area is 305 Å². The van der Waals surface area contributed by atoms with Crippen LogP contribution in [0, 0.1) is 6.92 Å². The second-order valence-corrected chi connectivity index (χ2v) is 13.9. The van der Waals surface area contributed by atoms with Gasteiger partial charge in [-0.2, -0.15) is 0 Å². The maximum absolute atomic E-state index is 5.23. The summed E-state index contributed by atoms with van der Waals surface area (Å²) < 4.78 is 4.79. The second kappa shape index (κ2) is 11.5. The van der Waals surface area contributed by atoms with Gasteiger partial charge in [-0.15, -0.1) is 0 Å². The molecule has 0 aliphatic heterocycles. The maximum atomic E-state index is 5.23. The smallest absolute Gasteiger partial charge is 0.160 e. The van der Waals surface area contributed by atoms with Crippen molar-refractivity contribution in [2.45, 2.75) is 6.92 Å². The average Bonchev–Trinajstić information content (AvgIpc) is 3.73. The lowest BCUT2D eigenvalue weighted by Crippen LogP contribution is -1.97. The summed E-state index contributed by atoms with van der Waals surface area (Å²) in [6, 6.07) is 63.0. The molecule has 248 valence electrons. The van der Waals surface area contributed by atoms with Gasteiger partial charge in [0.05, 0.1) is 33.3 Å². The van der Waals surface area contributed by atoms with E-state index in [2.05, 4.69) is 186 Å². The topological polar surface area (TPSA) is 35.6 Å². The van der Waals surface area contributed by atoms with E-state index in [0.717, 1.165) is 39.1 Å². The number of hydrogen-bond donors (Lipinski definition) is 0. The molecule has 0 saturated carbocycles. The van der Waals surface area contributed by atoms with Gasteiger partial charge in [-0.1, -0.05) is 109 Å². The third-order valence-electron chi connectivity index (χ3n) is 10.7. The van der Waals surface area contributed by atoms with Crippen LogP contribution in [0.1, 0.15) is 5.56 Å². The lowest BCUT2D eigenvalue weighted by atomic mass is 10.0. The highest BCUT2D eigenvalue weighted by Gasteiger charge is 2.20. The molecule has 0 N–H and O–H groups in total. The Hall–Kier alpha value is -7.04. The molecular formula is C49H32N4. The van der Waals surface area contributed by atoms with Gasteiger partial charge in [0.15, 0.2) is 5.82 Å². The van der Waals surface area contributed by atoms with Crippen LogP contribution in [0.25, 0.3) is 99.3 Å². The van der Waals surface area contributed by atoms with E-state index in [9.17, 15) is 0 Å². The van der Waals surface area contributed by atoms with Crippen LogP contribution >= 0.6 is 0 Å². The molecule has 4 nitrogen and oxygen atoms in total. The van der Waals surface area contributed by atoms with Crippen molar-refractivity contribution in [3.8, 4) is 34.0 Å². The first-order chi connectivity index (χ1) is 26.2. The zero-order chi connectivity index (χ0) is 35.0. The van der Waals surface area contributed by atoms with Crippen LogP contribution in [-0.4, -0.2) is 19.1 Å². The number of hydrogen-bond acceptors (Lipinski definition) is 2. The molecule has 0 aliphatic carbocycles. The van der Waals surface area contributed by atoms with Gasteiger partial charge in [0.25, 0.3) is 0 Å². The fourth-order valence-electron chi connectivity index (χ4n) is 8.35. The largest absolute Gasteiger partial charge is 0.309 e. The fourth-order valence-corrected chi connectivity index (χ4v) is 8.35. The minimum Gasteiger partial charge on any atom is -0.309 e. The lowest BCUT2D eigenvalue weighted by molar-refractivity contribution is 1.17. The zero-order valence-electron chi connectivity index (χ0n) is 29.0. The van der Waals surface area contributed by atoms with Crippen molar-refractivity contribution in [2.24, 2.45) is 0 Å². The molecule has 0 saturated heterocycles. The van der Waals surface area contributed by atoms with Crippen LogP contribution in [0.15, 0.2) is 176 Å². The highest BCUT2D eigenvalue weighted by Crippen LogP contribution is 2.42. The van der Waals surface area contributed by atoms with Crippen molar-refractivity contribution in [1.29, 1.82) is 0 Å². The molecule has 0 aliphatic rings. The van der Waals surface area contributed by atoms with E-state index in [1.165, 1.54) is 59.9 Å². The van der Waals surface area contributed by atoms with Crippen LogP contribution in [-0.2, 0) is 0 Å². The maximum Gasteiger partial charge on any atom is 0.160 e. The summed E-state index contributed by atoms with van der Waals surface area (Å²) in [5.41, 5.74) is 12.2. The number of benzene rings is 8. The Morgan fingerprint density at radius 3 is 1.66 bits per heavy atom. The van der Waals surface area contributed by atoms with Crippen LogP contribution in [0.2, 0.25) is 0 Å². The Bertz CT molecular complexity index is 3220. The molecular weight excluding hydrogens is 645 g/mol. The molecule has 11 rings (SSSR count). The van der Waals surface area contributed by atoms with Gasteiger partial charge in [0, 0.05) is 49.4 Å². The van der Waals surface area contributed by atoms with Crippen LogP contribution < -0.4 is 0 Å². The Morgan fingerprint density at radius 2 is 0.962 bits per heavy atom. The van der Waals surface area contributed by atoms with Gasteiger partial charge in [0.1, 0.15) is 0 Å². The van der Waals surface area contributed by atoms with Crippen LogP contribution in [0.3, 0.4) is 0 Å². The summed E-state index contributed by atoms with van der Waals surface area (Å²) in [5, 5.41) is 8.51. The Kier molecular flexibility index (Phi) is 6.43. The molecule has 0 amide bonds. The summed E-state index contributed by atoms with van der Waals surface area (Å²) in [6.45, 7) is 2.14. The SMILES string of the molecule is Cc1ccc2ccc(-c3nc(-c4ccc(-n5c6ccccc6c6c7c8ccccc8n(-c8ccccc8)c7ccc65)cc4)nc4ccccc34)cc2c1. The molecule has 0 radical (unpaired) electrons. The Morgan fingerprint density at radius 1 is 0.396 bits per heavy atom. The van der Waals surface area contributed by atoms with Crippen LogP contribution in [0.4, 0.5) is 0 Å². The van der Waals surface area contributed by atoms with Gasteiger partial charge < -0.3 is 9.13 Å². The lowest BCUT2D eigenvalue weighted by Gasteiger charge is -2.12. The molecule has 0 spiro atoms. The number of rotatable bonds is 4. The summed E-state index contributed by atoms with van der Waals surface area (Å²) in [5.74, 6) is 0.715. The molecule has 0 bridgehead atoms. The van der Waals surface area contributed by atoms with Gasteiger partial charge >= 0.3 is 0 Å². The molecule has 3 aromatic heterocycles. The molecule has 8 aromatic carbocycles. The predicted molar refractivity (Wildman–Crippen MR) is 221 cm³/mol. The minimum absolute atomic E-state index is 0.715. The fraction of sp³-hybridized carbons (Fsp3) is 0.0204. The third kappa shape index (κ3) is 4.56. The summed E-state index contributed by atoms with van der Waals surface area (Å²) >= 11 is 0. The van der Waals surface area contributed by atoms with E-state index < -0.39 is 0 Å². The van der Waals surface area contributed by atoms with Crippen LogP contribution in [0.5, 0.6) is 0 Å². The van der Waals surface area contributed by atoms with Crippen molar-refractivity contribution in [2.75, 3.05) is 0 Å². The standard InChI is InChI=1S/C49H32N4/c1-31-19-20-32-21-22-34(30-35(32)29-31)48-38-13-5-8-16-41(38)50-49(51-48)33-23-25-37(26-24-33)53-43-18-10-7-15-40(43)47-45(53)28-27-44-46(47)39-14-6-9-17-42(39)52(44)36-11-3-2-4-12-36/h2-30H,1H3. The van der Waals surface area contributed by atoms with E-state index in [0.29, 0.717) is 5.82 Å². The Balaban J connectivity index is 1.09. The minimum atomic E-state index is 0.715. The van der Waals surface area contributed by atoms with Crippen molar-refractivity contribution >= 4 is 65.3 Å². The van der Waals surface area contributed by atoms with E-state index in [1.807, 2.05) is 6.07 Å². The number of fused-ring (bicyclic) bond motifs is 9. The first-order valence-electron chi connectivity index (χ1n) is 18.1. The van der Waals surface area contributed by atoms with Crippen molar-refractivity contribution in [3.05, 3.63) is 181 Å². The van der Waals surface area contributed by atoms with Gasteiger partial charge in [0.2, 0.25) is 0 Å². The molecule has 3 heterocycles. The quantitative estimate of drug-likeness (QED) is 0.186. The van der Waals surface area contributed by atoms with E-state index >= 15 is 0 Å². The van der Waals surface area contributed by atoms with Gasteiger partial charge in [-0.3, -0.25) is 0 Å². The van der Waals surface area contributed by atoms with Gasteiger partial charge in [-0.25, -0.2) is 9.97 Å². The molecule has 0 atom stereocenters. The van der Waals surface area contributed by atoms with Gasteiger partial charge in [-0.05, 0) is 90.5 Å². The zero-order valence-corrected chi connectivity index (χ0v) is 29.0. The monoisotopic (exact) mass is 676 g/mol. The molecule has 4 heteroatoms. The van der Waals surface area contributed by atoms with Crippen molar-refractivity contribution < 1.29 is 0 Å². The number of nitrogens with zero attached hydrogens (tertiary/aromatic N) is 4. The molecule has 0 unspecified atom stereocenters. The average molecular weight is 677 g/mol. The first-order valence-corrected chi connectivity index (χ1v) is 18.1. The van der Waals surface area contributed by atoms with E-state index in [1.54, 1.807) is 0 Å². The van der Waals surface area contributed by atoms with Crippen molar-refractivity contribution in [3.63, 3.8) is 0 Å². The summed E-state index contributed by atoms with van der Waals surface area (Å²) in [7, 11) is 0. The summed E-state index contributed by atoms with van der Waals surface area (Å²) in [6.07, 6.45) is 0. The highest BCUT2D eigenvalue weighted by molar-refractivity contribution is 6.28.